The minimum Gasteiger partial charge on any atom is -0.352 e. The van der Waals surface area contributed by atoms with Gasteiger partial charge in [0.1, 0.15) is 0 Å². The maximum absolute atomic E-state index is 12.4. The van der Waals surface area contributed by atoms with Crippen LogP contribution < -0.4 is 10.6 Å². The van der Waals surface area contributed by atoms with Gasteiger partial charge >= 0.3 is 0 Å². The Morgan fingerprint density at radius 2 is 1.93 bits per heavy atom. The number of hydrogen-bond acceptors (Lipinski definition) is 2. The molecule has 0 radical (unpaired) electrons. The summed E-state index contributed by atoms with van der Waals surface area (Å²) >= 11 is 12.0. The number of nitrogens with one attached hydrogen (secondary N) is 2. The maximum atomic E-state index is 12.4. The number of hydrogen-bond donors (Lipinski definition) is 2. The molecule has 1 aliphatic rings. The quantitative estimate of drug-likeness (QED) is 0.669. The summed E-state index contributed by atoms with van der Waals surface area (Å²) in [4.78, 5) is 24.1. The normalized spacial score (nSPS) is 18.0. The summed E-state index contributed by atoms with van der Waals surface area (Å²) in [7, 11) is 0. The molecule has 3 rings (SSSR count). The zero-order valence-corrected chi connectivity index (χ0v) is 16.6. The van der Waals surface area contributed by atoms with E-state index in [0.29, 0.717) is 23.0 Å². The lowest BCUT2D eigenvalue weighted by Crippen LogP contribution is -2.25. The first-order valence-electron chi connectivity index (χ1n) is 9.09. The fraction of sp³-hybridized carbons (Fsp3) is 0.333. The van der Waals surface area contributed by atoms with Crippen molar-refractivity contribution in [1.29, 1.82) is 0 Å². The van der Waals surface area contributed by atoms with Crippen LogP contribution in [0.4, 0.5) is 5.69 Å². The summed E-state index contributed by atoms with van der Waals surface area (Å²) in [6.45, 7) is 2.40. The van der Waals surface area contributed by atoms with Crippen molar-refractivity contribution >= 4 is 40.7 Å². The van der Waals surface area contributed by atoms with Crippen LogP contribution in [0, 0.1) is 5.92 Å². The van der Waals surface area contributed by atoms with Crippen molar-refractivity contribution in [2.75, 3.05) is 5.32 Å². The third kappa shape index (κ3) is 5.24. The molecule has 2 unspecified atom stereocenters. The van der Waals surface area contributed by atoms with Gasteiger partial charge in [-0.1, -0.05) is 48.3 Å². The summed E-state index contributed by atoms with van der Waals surface area (Å²) < 4.78 is 0. The van der Waals surface area contributed by atoms with Gasteiger partial charge in [-0.15, -0.1) is 0 Å². The van der Waals surface area contributed by atoms with E-state index in [0.717, 1.165) is 29.7 Å². The summed E-state index contributed by atoms with van der Waals surface area (Å²) in [6.07, 6.45) is 2.12. The molecular formula is C21H22Cl2N2O2. The molecule has 27 heavy (non-hydrogen) atoms. The first-order chi connectivity index (χ1) is 13.0. The van der Waals surface area contributed by atoms with Crippen molar-refractivity contribution in [3.8, 4) is 0 Å². The Morgan fingerprint density at radius 3 is 2.67 bits per heavy atom. The van der Waals surface area contributed by atoms with E-state index in [1.54, 1.807) is 6.07 Å². The molecule has 2 aromatic carbocycles. The van der Waals surface area contributed by atoms with Gasteiger partial charge in [0.15, 0.2) is 0 Å². The molecule has 6 heteroatoms. The second-order valence-corrected chi connectivity index (χ2v) is 7.65. The highest BCUT2D eigenvalue weighted by atomic mass is 35.5. The number of rotatable bonds is 7. The molecule has 2 aromatic rings. The standard InChI is InChI=1S/C21H22Cl2N2O2/c1-2-4-20(26)25-15-6-3-5-13(9-15)12-24-21(27)17-11-16(17)14-7-8-18(22)19(23)10-14/h3,5-10,16-17H,2,4,11-12H2,1H3,(H,24,27)(H,25,26). The zero-order valence-electron chi connectivity index (χ0n) is 15.1. The predicted molar refractivity (Wildman–Crippen MR) is 109 cm³/mol. The van der Waals surface area contributed by atoms with Gasteiger partial charge in [0.05, 0.1) is 10.0 Å². The third-order valence-corrected chi connectivity index (χ3v) is 5.39. The molecule has 0 heterocycles. The van der Waals surface area contributed by atoms with E-state index in [2.05, 4.69) is 10.6 Å². The average Bonchev–Trinajstić information content (AvgIpc) is 3.43. The van der Waals surface area contributed by atoms with Crippen molar-refractivity contribution < 1.29 is 9.59 Å². The van der Waals surface area contributed by atoms with Crippen LogP contribution in [0.3, 0.4) is 0 Å². The smallest absolute Gasteiger partial charge is 0.224 e. The fourth-order valence-corrected chi connectivity index (χ4v) is 3.43. The summed E-state index contributed by atoms with van der Waals surface area (Å²) in [5, 5.41) is 6.89. The van der Waals surface area contributed by atoms with E-state index < -0.39 is 0 Å². The molecule has 142 valence electrons. The number of amides is 2. The number of benzene rings is 2. The van der Waals surface area contributed by atoms with E-state index >= 15 is 0 Å². The molecule has 2 atom stereocenters. The van der Waals surface area contributed by atoms with E-state index in [4.69, 9.17) is 23.2 Å². The lowest BCUT2D eigenvalue weighted by Gasteiger charge is -2.09. The van der Waals surface area contributed by atoms with Gasteiger partial charge in [-0.05, 0) is 54.2 Å². The highest BCUT2D eigenvalue weighted by Gasteiger charge is 2.43. The molecule has 2 N–H and O–H groups in total. The van der Waals surface area contributed by atoms with E-state index in [9.17, 15) is 9.59 Å². The van der Waals surface area contributed by atoms with Crippen LogP contribution >= 0.6 is 23.2 Å². The van der Waals surface area contributed by atoms with Crippen molar-refractivity contribution in [2.45, 2.75) is 38.6 Å². The van der Waals surface area contributed by atoms with Crippen molar-refractivity contribution in [3.05, 3.63) is 63.6 Å². The molecule has 4 nitrogen and oxygen atoms in total. The molecule has 0 saturated heterocycles. The first kappa shape index (κ1) is 19.7. The second-order valence-electron chi connectivity index (χ2n) is 6.84. The molecule has 2 amide bonds. The Hall–Kier alpha value is -2.04. The largest absolute Gasteiger partial charge is 0.352 e. The Morgan fingerprint density at radius 1 is 1.11 bits per heavy atom. The van der Waals surface area contributed by atoms with Crippen LogP contribution in [0.15, 0.2) is 42.5 Å². The topological polar surface area (TPSA) is 58.2 Å². The third-order valence-electron chi connectivity index (χ3n) is 4.65. The van der Waals surface area contributed by atoms with Crippen LogP contribution in [0.1, 0.15) is 43.2 Å². The second kappa shape index (κ2) is 8.77. The summed E-state index contributed by atoms with van der Waals surface area (Å²) in [6, 6.07) is 13.1. The maximum Gasteiger partial charge on any atom is 0.224 e. The number of halogens is 2. The molecule has 0 bridgehead atoms. The van der Waals surface area contributed by atoms with Crippen LogP contribution in [-0.2, 0) is 16.1 Å². The molecule has 0 spiro atoms. The van der Waals surface area contributed by atoms with Gasteiger partial charge in [-0.25, -0.2) is 0 Å². The SMILES string of the molecule is CCCC(=O)Nc1cccc(CNC(=O)C2CC2c2ccc(Cl)c(Cl)c2)c1. The number of carbonyl (C=O) groups is 2. The van der Waals surface area contributed by atoms with Crippen LogP contribution in [0.2, 0.25) is 10.0 Å². The zero-order chi connectivity index (χ0) is 19.4. The van der Waals surface area contributed by atoms with E-state index in [-0.39, 0.29) is 23.7 Å². The Labute approximate surface area is 169 Å². The predicted octanol–water partition coefficient (Wildman–Crippen LogP) is 5.15. The lowest BCUT2D eigenvalue weighted by atomic mass is 10.1. The molecule has 1 fully saturated rings. The average molecular weight is 405 g/mol. The van der Waals surface area contributed by atoms with Crippen LogP contribution in [0.5, 0.6) is 0 Å². The molecule has 0 aromatic heterocycles. The molecule has 1 aliphatic carbocycles. The lowest BCUT2D eigenvalue weighted by molar-refractivity contribution is -0.122. The Balaban J connectivity index is 1.52. The van der Waals surface area contributed by atoms with E-state index in [1.165, 1.54) is 0 Å². The van der Waals surface area contributed by atoms with E-state index in [1.807, 2.05) is 43.3 Å². The van der Waals surface area contributed by atoms with Crippen LogP contribution in [-0.4, -0.2) is 11.8 Å². The molecular weight excluding hydrogens is 383 g/mol. The highest BCUT2D eigenvalue weighted by molar-refractivity contribution is 6.42. The van der Waals surface area contributed by atoms with Crippen molar-refractivity contribution in [3.63, 3.8) is 0 Å². The van der Waals surface area contributed by atoms with Gasteiger partial charge < -0.3 is 10.6 Å². The van der Waals surface area contributed by atoms with Crippen molar-refractivity contribution in [1.82, 2.24) is 5.32 Å². The van der Waals surface area contributed by atoms with Gasteiger partial charge in [0, 0.05) is 24.6 Å². The van der Waals surface area contributed by atoms with Gasteiger partial charge in [-0.2, -0.15) is 0 Å². The number of anilines is 1. The molecule has 0 aliphatic heterocycles. The van der Waals surface area contributed by atoms with Gasteiger partial charge in [0.2, 0.25) is 11.8 Å². The fourth-order valence-electron chi connectivity index (χ4n) is 3.13. The monoisotopic (exact) mass is 404 g/mol. The highest BCUT2D eigenvalue weighted by Crippen LogP contribution is 2.48. The van der Waals surface area contributed by atoms with Crippen LogP contribution in [0.25, 0.3) is 0 Å². The Bertz CT molecular complexity index is 854. The minimum absolute atomic E-state index is 0.00105. The summed E-state index contributed by atoms with van der Waals surface area (Å²) in [5.74, 6) is 0.196. The summed E-state index contributed by atoms with van der Waals surface area (Å²) in [5.41, 5.74) is 2.75. The van der Waals surface area contributed by atoms with Crippen molar-refractivity contribution in [2.24, 2.45) is 5.92 Å². The van der Waals surface area contributed by atoms with Gasteiger partial charge in [0.25, 0.3) is 0 Å². The van der Waals surface area contributed by atoms with Gasteiger partial charge in [-0.3, -0.25) is 9.59 Å². The Kier molecular flexibility index (Phi) is 6.40. The number of carbonyl (C=O) groups excluding carboxylic acids is 2. The first-order valence-corrected chi connectivity index (χ1v) is 9.85. The minimum atomic E-state index is -0.0327. The molecule has 1 saturated carbocycles.